The van der Waals surface area contributed by atoms with E-state index in [1.807, 2.05) is 36.4 Å². The highest BCUT2D eigenvalue weighted by molar-refractivity contribution is 5.94. The number of hydrazine groups is 1. The van der Waals surface area contributed by atoms with Crippen molar-refractivity contribution in [2.24, 2.45) is 0 Å². The van der Waals surface area contributed by atoms with Gasteiger partial charge in [-0.3, -0.25) is 35.2 Å². The molecule has 3 heterocycles. The van der Waals surface area contributed by atoms with E-state index in [0.717, 1.165) is 5.56 Å². The number of nitrogens with zero attached hydrogens (tertiary/aromatic N) is 6. The van der Waals surface area contributed by atoms with E-state index in [1.54, 1.807) is 31.2 Å². The maximum Gasteiger partial charge on any atom is 0.274 e. The maximum atomic E-state index is 11.7. The summed E-state index contributed by atoms with van der Waals surface area (Å²) in [7, 11) is 0. The van der Waals surface area contributed by atoms with Crippen molar-refractivity contribution in [2.75, 3.05) is 5.43 Å². The molecule has 0 atom stereocenters. The second-order valence-corrected chi connectivity index (χ2v) is 7.20. The number of hydrogen-bond donors (Lipinski definition) is 4. The van der Waals surface area contributed by atoms with Gasteiger partial charge in [-0.25, -0.2) is 0 Å². The Hall–Kier alpha value is -5.20. The summed E-state index contributed by atoms with van der Waals surface area (Å²) >= 11 is 0. The van der Waals surface area contributed by atoms with Gasteiger partial charge in [-0.15, -0.1) is 20.4 Å². The lowest BCUT2D eigenvalue weighted by molar-refractivity contribution is 0.0962. The first-order valence-corrected chi connectivity index (χ1v) is 10.3. The molecular formula is C22H20N10O3. The molecule has 13 nitrogen and oxygen atoms in total. The van der Waals surface area contributed by atoms with Gasteiger partial charge in [-0.05, 0) is 26.0 Å². The predicted octanol–water partition coefficient (Wildman–Crippen LogP) is 1.02. The van der Waals surface area contributed by atoms with E-state index in [9.17, 15) is 14.4 Å². The van der Waals surface area contributed by atoms with Crippen LogP contribution in [0, 0.1) is 13.8 Å². The first kappa shape index (κ1) is 23.0. The van der Waals surface area contributed by atoms with Gasteiger partial charge < -0.3 is 0 Å². The quantitative estimate of drug-likeness (QED) is 0.278. The highest BCUT2D eigenvalue weighted by atomic mass is 16.2. The monoisotopic (exact) mass is 472 g/mol. The van der Waals surface area contributed by atoms with Crippen molar-refractivity contribution in [2.45, 2.75) is 13.8 Å². The van der Waals surface area contributed by atoms with Gasteiger partial charge in [0.05, 0.1) is 0 Å². The van der Waals surface area contributed by atoms with E-state index in [4.69, 9.17) is 0 Å². The number of hydrogen-bond acceptors (Lipinski definition) is 9. The van der Waals surface area contributed by atoms with Crippen LogP contribution in [0.2, 0.25) is 0 Å². The minimum absolute atomic E-state index is 0.0786. The molecule has 35 heavy (non-hydrogen) atoms. The zero-order valence-electron chi connectivity index (χ0n) is 18.7. The van der Waals surface area contributed by atoms with Gasteiger partial charge in [0.25, 0.3) is 22.8 Å². The molecule has 5 rings (SSSR count). The molecule has 0 saturated heterocycles. The Labute approximate surface area is 197 Å². The van der Waals surface area contributed by atoms with Gasteiger partial charge in [0.15, 0.2) is 5.82 Å². The second-order valence-electron chi connectivity index (χ2n) is 7.20. The van der Waals surface area contributed by atoms with Crippen molar-refractivity contribution in [3.05, 3.63) is 98.3 Å². The summed E-state index contributed by atoms with van der Waals surface area (Å²) in [6.07, 6.45) is 0. The van der Waals surface area contributed by atoms with Crippen LogP contribution in [0.5, 0.6) is 0 Å². The van der Waals surface area contributed by atoms with E-state index in [1.165, 1.54) is 11.4 Å². The van der Waals surface area contributed by atoms with E-state index >= 15 is 0 Å². The lowest BCUT2D eigenvalue weighted by Crippen LogP contribution is -2.31. The van der Waals surface area contributed by atoms with Crippen molar-refractivity contribution in [1.29, 1.82) is 0 Å². The van der Waals surface area contributed by atoms with Crippen molar-refractivity contribution in [1.82, 2.24) is 45.4 Å². The molecule has 4 N–H and O–H groups in total. The zero-order valence-corrected chi connectivity index (χ0v) is 18.7. The van der Waals surface area contributed by atoms with Gasteiger partial charge in [-0.1, -0.05) is 48.5 Å². The first-order chi connectivity index (χ1) is 16.9. The summed E-state index contributed by atoms with van der Waals surface area (Å²) in [5, 5.41) is 19.4. The minimum atomic E-state index is -0.360. The van der Waals surface area contributed by atoms with Gasteiger partial charge in [0, 0.05) is 11.1 Å². The number of aromatic nitrogens is 8. The Bertz CT molecular complexity index is 1580. The highest BCUT2D eigenvalue weighted by Crippen LogP contribution is 2.15. The van der Waals surface area contributed by atoms with Crippen molar-refractivity contribution >= 4 is 17.6 Å². The Balaban J connectivity index is 0.000000165. The highest BCUT2D eigenvalue weighted by Gasteiger charge is 2.10. The summed E-state index contributed by atoms with van der Waals surface area (Å²) in [6, 6.07) is 18.2. The van der Waals surface area contributed by atoms with Gasteiger partial charge in [-0.2, -0.15) is 9.61 Å². The molecule has 0 saturated carbocycles. The molecule has 0 unspecified atom stereocenters. The number of aryl methyl sites for hydroxylation is 2. The molecule has 5 aromatic rings. The third-order valence-electron chi connectivity index (χ3n) is 4.67. The van der Waals surface area contributed by atoms with Crippen LogP contribution < -0.4 is 22.0 Å². The van der Waals surface area contributed by atoms with Crippen LogP contribution in [0.15, 0.2) is 70.3 Å². The lowest BCUT2D eigenvalue weighted by Gasteiger charge is -2.06. The number of carbonyl (C=O) groups excluding carboxylic acids is 1. The van der Waals surface area contributed by atoms with Crippen molar-refractivity contribution < 1.29 is 4.79 Å². The molecule has 3 aromatic heterocycles. The van der Waals surface area contributed by atoms with Gasteiger partial charge >= 0.3 is 0 Å². The third-order valence-corrected chi connectivity index (χ3v) is 4.67. The number of rotatable bonds is 4. The molecule has 2 aromatic carbocycles. The van der Waals surface area contributed by atoms with Crippen LogP contribution >= 0.6 is 0 Å². The van der Waals surface area contributed by atoms with E-state index < -0.39 is 0 Å². The van der Waals surface area contributed by atoms with E-state index in [2.05, 4.69) is 46.3 Å². The SMILES string of the molecule is Cc1nn2c(-c3ccccc3)nnc2[nH]c1=O.Cc1nnc(NNC(=O)c2ccccc2)[nH]c1=O. The van der Waals surface area contributed by atoms with Crippen LogP contribution in [0.4, 0.5) is 5.95 Å². The number of carbonyl (C=O) groups is 1. The summed E-state index contributed by atoms with van der Waals surface area (Å²) in [5.74, 6) is 0.702. The van der Waals surface area contributed by atoms with Crippen LogP contribution in [0.1, 0.15) is 21.7 Å². The molecule has 176 valence electrons. The molecule has 0 radical (unpaired) electrons. The number of fused-ring (bicyclic) bond motifs is 1. The Morgan fingerprint density at radius 1 is 0.800 bits per heavy atom. The summed E-state index contributed by atoms with van der Waals surface area (Å²) in [5.41, 5.74) is 6.31. The Kier molecular flexibility index (Phi) is 6.67. The van der Waals surface area contributed by atoms with E-state index in [-0.39, 0.29) is 28.7 Å². The number of nitrogens with one attached hydrogen (secondary N) is 4. The molecular weight excluding hydrogens is 452 g/mol. The standard InChI is InChI=1S/C11H11N5O2.C11H9N5O/c1-7-9(17)12-11(15-13-7)16-14-10(18)8-5-3-2-4-6-8;1-7-10(17)12-11-14-13-9(16(11)15-7)8-5-3-2-4-6-8/h2-6H,1H3,(H,14,18)(H2,12,15,16,17);2-6H,1H3,(H,12,14,17). The first-order valence-electron chi connectivity index (χ1n) is 10.3. The van der Waals surface area contributed by atoms with Crippen LogP contribution in [0.3, 0.4) is 0 Å². The molecule has 0 aliphatic heterocycles. The fraction of sp³-hybridized carbons (Fsp3) is 0.0909. The minimum Gasteiger partial charge on any atom is -0.288 e. The summed E-state index contributed by atoms with van der Waals surface area (Å²) in [6.45, 7) is 3.19. The fourth-order valence-corrected chi connectivity index (χ4v) is 2.83. The maximum absolute atomic E-state index is 11.7. The average Bonchev–Trinajstić information content (AvgIpc) is 3.28. The van der Waals surface area contributed by atoms with Crippen molar-refractivity contribution in [3.8, 4) is 11.4 Å². The predicted molar refractivity (Wildman–Crippen MR) is 126 cm³/mol. The van der Waals surface area contributed by atoms with Crippen LogP contribution in [0.25, 0.3) is 17.2 Å². The third kappa shape index (κ3) is 5.42. The molecule has 13 heteroatoms. The zero-order chi connectivity index (χ0) is 24.8. The number of aromatic amines is 2. The normalized spacial score (nSPS) is 10.3. The molecule has 0 spiro atoms. The van der Waals surface area contributed by atoms with Gasteiger partial charge in [0.1, 0.15) is 11.4 Å². The largest absolute Gasteiger partial charge is 0.288 e. The average molecular weight is 472 g/mol. The summed E-state index contributed by atoms with van der Waals surface area (Å²) in [4.78, 5) is 39.3. The molecule has 0 aliphatic rings. The van der Waals surface area contributed by atoms with E-state index in [0.29, 0.717) is 22.9 Å². The number of H-pyrrole nitrogens is 2. The summed E-state index contributed by atoms with van der Waals surface area (Å²) < 4.78 is 1.53. The Morgan fingerprint density at radius 2 is 1.46 bits per heavy atom. The van der Waals surface area contributed by atoms with Crippen molar-refractivity contribution in [3.63, 3.8) is 0 Å². The smallest absolute Gasteiger partial charge is 0.274 e. The van der Waals surface area contributed by atoms with Crippen LogP contribution in [-0.4, -0.2) is 45.9 Å². The van der Waals surface area contributed by atoms with Crippen LogP contribution in [-0.2, 0) is 0 Å². The number of amides is 1. The second kappa shape index (κ2) is 10.2. The molecule has 0 fully saturated rings. The lowest BCUT2D eigenvalue weighted by atomic mass is 10.2. The molecule has 0 aliphatic carbocycles. The number of anilines is 1. The molecule has 1 amide bonds. The van der Waals surface area contributed by atoms with Gasteiger partial charge in [0.2, 0.25) is 5.95 Å². The fourth-order valence-electron chi connectivity index (χ4n) is 2.83. The Morgan fingerprint density at radius 3 is 2.14 bits per heavy atom. The number of benzene rings is 2. The molecule has 0 bridgehead atoms. The topological polar surface area (TPSA) is 176 Å².